The van der Waals surface area contributed by atoms with Crippen LogP contribution in [0.2, 0.25) is 0 Å². The highest BCUT2D eigenvalue weighted by atomic mass is 16.3. The van der Waals surface area contributed by atoms with Crippen LogP contribution >= 0.6 is 0 Å². The van der Waals surface area contributed by atoms with Crippen LogP contribution in [0.25, 0.3) is 88.0 Å². The third kappa shape index (κ3) is 5.20. The van der Waals surface area contributed by atoms with Gasteiger partial charge in [0.1, 0.15) is 16.7 Å². The number of para-hydroxylation sites is 3. The first-order valence-electron chi connectivity index (χ1n) is 18.7. The van der Waals surface area contributed by atoms with E-state index in [9.17, 15) is 0 Å². The lowest BCUT2D eigenvalue weighted by Gasteiger charge is -2.26. The zero-order valence-electron chi connectivity index (χ0n) is 29.8. The molecule has 11 rings (SSSR count). The van der Waals surface area contributed by atoms with Crippen molar-refractivity contribution in [1.82, 2.24) is 0 Å². The SMILES string of the molecule is c1ccc(-c2cccc3oc4c(N(c5ccc(-c6ccc7ccccc7c6)cc5)c5ccc(-c6cccc7c6oc6ccccc67)cc5)cccc4c23)cc1. The second-order valence-corrected chi connectivity index (χ2v) is 14.1. The molecule has 11 aromatic rings. The number of benzene rings is 9. The maximum absolute atomic E-state index is 6.82. The van der Waals surface area contributed by atoms with Crippen LogP contribution in [0.4, 0.5) is 17.1 Å². The Kier molecular flexibility index (Phi) is 7.17. The molecule has 3 nitrogen and oxygen atoms in total. The van der Waals surface area contributed by atoms with E-state index in [1.54, 1.807) is 0 Å². The second kappa shape index (κ2) is 12.6. The molecule has 0 atom stereocenters. The lowest BCUT2D eigenvalue weighted by atomic mass is 9.99. The van der Waals surface area contributed by atoms with Crippen LogP contribution in [-0.4, -0.2) is 0 Å². The van der Waals surface area contributed by atoms with Gasteiger partial charge in [-0.2, -0.15) is 0 Å². The van der Waals surface area contributed by atoms with Crippen molar-refractivity contribution in [2.75, 3.05) is 4.90 Å². The molecule has 2 heterocycles. The zero-order chi connectivity index (χ0) is 36.3. The van der Waals surface area contributed by atoms with Crippen molar-refractivity contribution in [3.63, 3.8) is 0 Å². The molecular weight excluding hydrogens is 671 g/mol. The Balaban J connectivity index is 1.07. The van der Waals surface area contributed by atoms with E-state index >= 15 is 0 Å². The number of furan rings is 2. The molecule has 0 aliphatic heterocycles. The van der Waals surface area contributed by atoms with Crippen molar-refractivity contribution in [2.45, 2.75) is 0 Å². The van der Waals surface area contributed by atoms with Gasteiger partial charge >= 0.3 is 0 Å². The summed E-state index contributed by atoms with van der Waals surface area (Å²) in [5.74, 6) is 0. The van der Waals surface area contributed by atoms with Crippen LogP contribution in [0.5, 0.6) is 0 Å². The van der Waals surface area contributed by atoms with Crippen molar-refractivity contribution in [1.29, 1.82) is 0 Å². The van der Waals surface area contributed by atoms with Crippen molar-refractivity contribution in [3.8, 4) is 33.4 Å². The molecule has 9 aromatic carbocycles. The Labute approximate surface area is 317 Å². The first-order valence-corrected chi connectivity index (χ1v) is 18.7. The zero-order valence-corrected chi connectivity index (χ0v) is 29.8. The molecule has 0 N–H and O–H groups in total. The quantitative estimate of drug-likeness (QED) is 0.173. The fourth-order valence-electron chi connectivity index (χ4n) is 8.23. The number of rotatable bonds is 6. The van der Waals surface area contributed by atoms with Gasteiger partial charge in [-0.25, -0.2) is 0 Å². The molecule has 0 aliphatic carbocycles. The van der Waals surface area contributed by atoms with Crippen molar-refractivity contribution in [3.05, 3.63) is 200 Å². The largest absolute Gasteiger partial charge is 0.455 e. The predicted molar refractivity (Wildman–Crippen MR) is 229 cm³/mol. The van der Waals surface area contributed by atoms with Gasteiger partial charge in [0.25, 0.3) is 0 Å². The van der Waals surface area contributed by atoms with Crippen molar-refractivity contribution in [2.24, 2.45) is 0 Å². The summed E-state index contributed by atoms with van der Waals surface area (Å²) in [5.41, 5.74) is 13.4. The fraction of sp³-hybridized carbons (Fsp3) is 0. The summed E-state index contributed by atoms with van der Waals surface area (Å²) in [6.45, 7) is 0. The van der Waals surface area contributed by atoms with Gasteiger partial charge in [0.15, 0.2) is 5.58 Å². The molecule has 0 fully saturated rings. The molecule has 0 radical (unpaired) electrons. The Morgan fingerprint density at radius 3 is 1.75 bits per heavy atom. The Morgan fingerprint density at radius 1 is 0.327 bits per heavy atom. The average molecular weight is 704 g/mol. The highest BCUT2D eigenvalue weighted by Crippen LogP contribution is 2.45. The highest BCUT2D eigenvalue weighted by molar-refractivity contribution is 6.16. The summed E-state index contributed by atoms with van der Waals surface area (Å²) >= 11 is 0. The van der Waals surface area contributed by atoms with Crippen LogP contribution in [0, 0.1) is 0 Å². The van der Waals surface area contributed by atoms with Gasteiger partial charge < -0.3 is 13.7 Å². The van der Waals surface area contributed by atoms with Crippen LogP contribution in [0.3, 0.4) is 0 Å². The fourth-order valence-corrected chi connectivity index (χ4v) is 8.23. The van der Waals surface area contributed by atoms with Gasteiger partial charge in [-0.05, 0) is 87.1 Å². The number of fused-ring (bicyclic) bond motifs is 7. The van der Waals surface area contributed by atoms with Gasteiger partial charge in [0, 0.05) is 38.5 Å². The van der Waals surface area contributed by atoms with E-state index in [2.05, 4.69) is 193 Å². The molecule has 3 heteroatoms. The molecule has 258 valence electrons. The summed E-state index contributed by atoms with van der Waals surface area (Å²) in [6, 6.07) is 70.8. The van der Waals surface area contributed by atoms with E-state index in [-0.39, 0.29) is 0 Å². The molecule has 0 aliphatic rings. The number of anilines is 3. The first kappa shape index (κ1) is 31.2. The average Bonchev–Trinajstić information content (AvgIpc) is 3.84. The molecule has 0 bridgehead atoms. The maximum atomic E-state index is 6.82. The number of hydrogen-bond donors (Lipinski definition) is 0. The minimum absolute atomic E-state index is 0.843. The molecule has 55 heavy (non-hydrogen) atoms. The van der Waals surface area contributed by atoms with E-state index in [4.69, 9.17) is 8.83 Å². The van der Waals surface area contributed by atoms with E-state index in [0.29, 0.717) is 0 Å². The van der Waals surface area contributed by atoms with Gasteiger partial charge in [0.05, 0.1) is 5.69 Å². The molecule has 2 aromatic heterocycles. The van der Waals surface area contributed by atoms with Crippen molar-refractivity contribution < 1.29 is 8.83 Å². The highest BCUT2D eigenvalue weighted by Gasteiger charge is 2.21. The van der Waals surface area contributed by atoms with Crippen LogP contribution in [0.15, 0.2) is 209 Å². The van der Waals surface area contributed by atoms with Gasteiger partial charge in [-0.1, -0.05) is 152 Å². The molecule has 0 unspecified atom stereocenters. The van der Waals surface area contributed by atoms with Crippen LogP contribution in [-0.2, 0) is 0 Å². The number of hydrogen-bond acceptors (Lipinski definition) is 3. The Morgan fingerprint density at radius 2 is 0.909 bits per heavy atom. The van der Waals surface area contributed by atoms with Crippen LogP contribution in [0.1, 0.15) is 0 Å². The summed E-state index contributed by atoms with van der Waals surface area (Å²) in [6.07, 6.45) is 0. The second-order valence-electron chi connectivity index (χ2n) is 14.1. The van der Waals surface area contributed by atoms with E-state index in [0.717, 1.165) is 88.8 Å². The number of nitrogens with zero attached hydrogens (tertiary/aromatic N) is 1. The third-order valence-electron chi connectivity index (χ3n) is 10.9. The first-order chi connectivity index (χ1) is 27.3. The third-order valence-corrected chi connectivity index (χ3v) is 10.9. The molecule has 0 spiro atoms. The molecule has 0 saturated heterocycles. The topological polar surface area (TPSA) is 29.5 Å². The molecule has 0 saturated carbocycles. The minimum atomic E-state index is 0.843. The summed E-state index contributed by atoms with van der Waals surface area (Å²) in [4.78, 5) is 2.31. The van der Waals surface area contributed by atoms with E-state index < -0.39 is 0 Å². The van der Waals surface area contributed by atoms with Gasteiger partial charge in [-0.3, -0.25) is 0 Å². The van der Waals surface area contributed by atoms with Gasteiger partial charge in [-0.15, -0.1) is 0 Å². The normalized spacial score (nSPS) is 11.6. The standard InChI is InChI=1S/C52H33NO2/c1-2-12-36(13-3-1)42-16-10-22-49-50(42)46-19-9-20-47(52(46)55-49)53(40-29-25-35(26-30-40)39-24-23-34-11-4-5-14-38(34)33-39)41-31-27-37(28-32-41)43-17-8-18-45-44-15-6-7-21-48(44)54-51(43)45/h1-33H. The molecule has 0 amide bonds. The maximum Gasteiger partial charge on any atom is 0.159 e. The minimum Gasteiger partial charge on any atom is -0.455 e. The van der Waals surface area contributed by atoms with Gasteiger partial charge in [0.2, 0.25) is 0 Å². The van der Waals surface area contributed by atoms with E-state index in [1.807, 2.05) is 12.1 Å². The summed E-state index contributed by atoms with van der Waals surface area (Å²) in [5, 5.41) is 6.92. The smallest absolute Gasteiger partial charge is 0.159 e. The summed E-state index contributed by atoms with van der Waals surface area (Å²) in [7, 11) is 0. The van der Waals surface area contributed by atoms with Crippen LogP contribution < -0.4 is 4.90 Å². The van der Waals surface area contributed by atoms with Crippen molar-refractivity contribution >= 4 is 71.7 Å². The lowest BCUT2D eigenvalue weighted by molar-refractivity contribution is 0.669. The lowest BCUT2D eigenvalue weighted by Crippen LogP contribution is -2.10. The Hall–Kier alpha value is -7.36. The molecular formula is C52H33NO2. The summed E-state index contributed by atoms with van der Waals surface area (Å²) < 4.78 is 13.2. The van der Waals surface area contributed by atoms with E-state index in [1.165, 1.54) is 16.3 Å². The monoisotopic (exact) mass is 703 g/mol. The predicted octanol–water partition coefficient (Wildman–Crippen LogP) is 15.1. The Bertz CT molecular complexity index is 3190.